The van der Waals surface area contributed by atoms with Gasteiger partial charge in [0.25, 0.3) is 0 Å². The Morgan fingerprint density at radius 1 is 1.19 bits per heavy atom. The number of amides is 1. The molecule has 1 aromatic carbocycles. The standard InChI is InChI=1S/C22H32FN3O5/c1-21(2,3)19-14-25(20(27)31-5)11-8-22(19)6-9-24(10-7-22)16-13-18(30-4)17(26(28)29)12-15(16)23/h12-13,19H,6-11,14H2,1-5H3. The van der Waals surface area contributed by atoms with Crippen molar-refractivity contribution in [1.29, 1.82) is 0 Å². The van der Waals surface area contributed by atoms with Crippen LogP contribution in [-0.2, 0) is 4.74 Å². The highest BCUT2D eigenvalue weighted by molar-refractivity contribution is 5.67. The van der Waals surface area contributed by atoms with E-state index in [-0.39, 0.29) is 34.3 Å². The van der Waals surface area contributed by atoms with Gasteiger partial charge in [0.2, 0.25) is 0 Å². The number of rotatable bonds is 3. The molecular formula is C22H32FN3O5. The van der Waals surface area contributed by atoms with Crippen LogP contribution in [0.15, 0.2) is 12.1 Å². The van der Waals surface area contributed by atoms with Crippen LogP contribution >= 0.6 is 0 Å². The summed E-state index contributed by atoms with van der Waals surface area (Å²) in [5.74, 6) is -0.275. The molecule has 2 aliphatic rings. The van der Waals surface area contributed by atoms with Crippen LogP contribution in [0.1, 0.15) is 40.0 Å². The summed E-state index contributed by atoms with van der Waals surface area (Å²) in [7, 11) is 2.75. The molecule has 2 heterocycles. The lowest BCUT2D eigenvalue weighted by molar-refractivity contribution is -0.385. The van der Waals surface area contributed by atoms with Crippen LogP contribution in [-0.4, -0.2) is 56.3 Å². The lowest BCUT2D eigenvalue weighted by Crippen LogP contribution is -2.57. The Morgan fingerprint density at radius 3 is 2.32 bits per heavy atom. The van der Waals surface area contributed by atoms with Gasteiger partial charge in [-0.1, -0.05) is 20.8 Å². The SMILES string of the molecule is COC(=O)N1CCC2(CCN(c3cc(OC)c([N+](=O)[O-])cc3F)CC2)C(C(C)(C)C)C1. The predicted octanol–water partition coefficient (Wildman–Crippen LogP) is 4.46. The Hall–Kier alpha value is -2.58. The molecule has 1 atom stereocenters. The summed E-state index contributed by atoms with van der Waals surface area (Å²) in [6.45, 7) is 9.19. The second-order valence-corrected chi connectivity index (χ2v) is 9.67. The molecule has 2 aliphatic heterocycles. The number of nitrogens with zero attached hydrogens (tertiary/aromatic N) is 3. The minimum absolute atomic E-state index is 0.00328. The van der Waals surface area contributed by atoms with Gasteiger partial charge in [-0.25, -0.2) is 9.18 Å². The molecule has 0 aliphatic carbocycles. The number of anilines is 1. The van der Waals surface area contributed by atoms with Crippen molar-refractivity contribution in [2.24, 2.45) is 16.7 Å². The van der Waals surface area contributed by atoms with Gasteiger partial charge < -0.3 is 19.3 Å². The molecular weight excluding hydrogens is 405 g/mol. The van der Waals surface area contributed by atoms with Gasteiger partial charge in [0, 0.05) is 32.2 Å². The van der Waals surface area contributed by atoms with E-state index in [1.165, 1.54) is 20.3 Å². The van der Waals surface area contributed by atoms with Crippen molar-refractivity contribution < 1.29 is 23.6 Å². The first-order valence-electron chi connectivity index (χ1n) is 10.6. The predicted molar refractivity (Wildman–Crippen MR) is 115 cm³/mol. The number of benzene rings is 1. The van der Waals surface area contributed by atoms with Crippen molar-refractivity contribution in [3.8, 4) is 5.75 Å². The van der Waals surface area contributed by atoms with E-state index in [4.69, 9.17) is 9.47 Å². The van der Waals surface area contributed by atoms with Crippen molar-refractivity contribution >= 4 is 17.5 Å². The second-order valence-electron chi connectivity index (χ2n) is 9.67. The van der Waals surface area contributed by atoms with E-state index in [2.05, 4.69) is 20.8 Å². The Labute approximate surface area is 182 Å². The van der Waals surface area contributed by atoms with Gasteiger partial charge in [-0.05, 0) is 36.0 Å². The number of likely N-dealkylation sites (tertiary alicyclic amines) is 1. The minimum atomic E-state index is -0.639. The van der Waals surface area contributed by atoms with E-state index in [9.17, 15) is 19.3 Å². The molecule has 0 saturated carbocycles. The molecule has 1 spiro atoms. The fraction of sp³-hybridized carbons (Fsp3) is 0.682. The number of halogens is 1. The van der Waals surface area contributed by atoms with Crippen molar-refractivity contribution in [3.63, 3.8) is 0 Å². The Morgan fingerprint density at radius 2 is 1.81 bits per heavy atom. The van der Waals surface area contributed by atoms with Gasteiger partial charge in [0.1, 0.15) is 0 Å². The fourth-order valence-electron chi connectivity index (χ4n) is 5.40. The van der Waals surface area contributed by atoms with E-state index in [1.807, 2.05) is 4.90 Å². The first kappa shape index (κ1) is 23.1. The maximum absolute atomic E-state index is 14.7. The van der Waals surface area contributed by atoms with Crippen LogP contribution in [0, 0.1) is 32.7 Å². The normalized spacial score (nSPS) is 21.2. The quantitative estimate of drug-likeness (QED) is 0.513. The van der Waals surface area contributed by atoms with Gasteiger partial charge >= 0.3 is 11.8 Å². The van der Waals surface area contributed by atoms with Crippen LogP contribution in [0.25, 0.3) is 0 Å². The van der Waals surface area contributed by atoms with Crippen LogP contribution in [0.4, 0.5) is 20.6 Å². The number of carbonyl (C=O) groups excluding carboxylic acids is 1. The number of carbonyl (C=O) groups is 1. The van der Waals surface area contributed by atoms with Gasteiger partial charge in [-0.2, -0.15) is 0 Å². The van der Waals surface area contributed by atoms with Crippen LogP contribution in [0.2, 0.25) is 0 Å². The first-order valence-corrected chi connectivity index (χ1v) is 10.6. The Kier molecular flexibility index (Phi) is 6.34. The van der Waals surface area contributed by atoms with E-state index in [0.717, 1.165) is 25.3 Å². The largest absolute Gasteiger partial charge is 0.490 e. The van der Waals surface area contributed by atoms with Crippen molar-refractivity contribution in [1.82, 2.24) is 4.90 Å². The summed E-state index contributed by atoms with van der Waals surface area (Å²) < 4.78 is 24.8. The van der Waals surface area contributed by atoms with E-state index in [0.29, 0.717) is 31.9 Å². The molecule has 0 N–H and O–H groups in total. The highest BCUT2D eigenvalue weighted by Crippen LogP contribution is 2.52. The molecule has 9 heteroatoms. The molecule has 0 bridgehead atoms. The number of hydrogen-bond acceptors (Lipinski definition) is 6. The number of ether oxygens (including phenoxy) is 2. The molecule has 2 saturated heterocycles. The van der Waals surface area contributed by atoms with E-state index in [1.54, 1.807) is 4.90 Å². The molecule has 8 nitrogen and oxygen atoms in total. The highest BCUT2D eigenvalue weighted by atomic mass is 19.1. The van der Waals surface area contributed by atoms with E-state index < -0.39 is 10.7 Å². The topological polar surface area (TPSA) is 85.2 Å². The van der Waals surface area contributed by atoms with Crippen molar-refractivity contribution in [2.75, 3.05) is 45.3 Å². The summed E-state index contributed by atoms with van der Waals surface area (Å²) in [4.78, 5) is 26.4. The monoisotopic (exact) mass is 437 g/mol. The molecule has 1 unspecified atom stereocenters. The third-order valence-corrected chi connectivity index (χ3v) is 7.04. The molecule has 1 amide bonds. The van der Waals surface area contributed by atoms with Gasteiger partial charge in [0.15, 0.2) is 11.6 Å². The van der Waals surface area contributed by atoms with E-state index >= 15 is 0 Å². The smallest absolute Gasteiger partial charge is 0.409 e. The molecule has 3 rings (SSSR count). The van der Waals surface area contributed by atoms with Crippen molar-refractivity contribution in [2.45, 2.75) is 40.0 Å². The van der Waals surface area contributed by atoms with Crippen LogP contribution in [0.5, 0.6) is 5.75 Å². The molecule has 31 heavy (non-hydrogen) atoms. The molecule has 2 fully saturated rings. The third-order valence-electron chi connectivity index (χ3n) is 7.04. The summed E-state index contributed by atoms with van der Waals surface area (Å²) in [6, 6.07) is 2.36. The van der Waals surface area contributed by atoms with Gasteiger partial charge in [-0.3, -0.25) is 10.1 Å². The Bertz CT molecular complexity index is 846. The summed E-state index contributed by atoms with van der Waals surface area (Å²) in [5.41, 5.74) is 0.00826. The summed E-state index contributed by atoms with van der Waals surface area (Å²) in [6.07, 6.45) is 2.32. The molecule has 0 radical (unpaired) electrons. The van der Waals surface area contributed by atoms with Crippen molar-refractivity contribution in [3.05, 3.63) is 28.1 Å². The number of piperidine rings is 2. The zero-order valence-corrected chi connectivity index (χ0v) is 18.9. The fourth-order valence-corrected chi connectivity index (χ4v) is 5.40. The van der Waals surface area contributed by atoms with Gasteiger partial charge in [0.05, 0.1) is 30.9 Å². The Balaban J connectivity index is 1.82. The lowest BCUT2D eigenvalue weighted by Gasteiger charge is -2.56. The zero-order chi connectivity index (χ0) is 23.0. The van der Waals surface area contributed by atoms with Crippen LogP contribution < -0.4 is 9.64 Å². The van der Waals surface area contributed by atoms with Gasteiger partial charge in [-0.15, -0.1) is 0 Å². The average Bonchev–Trinajstić information content (AvgIpc) is 2.73. The third kappa shape index (κ3) is 4.41. The number of methoxy groups -OCH3 is 2. The number of nitro groups is 1. The lowest BCUT2D eigenvalue weighted by atomic mass is 9.57. The second kappa shape index (κ2) is 8.51. The van der Waals surface area contributed by atoms with Crippen LogP contribution in [0.3, 0.4) is 0 Å². The zero-order valence-electron chi connectivity index (χ0n) is 18.9. The maximum Gasteiger partial charge on any atom is 0.409 e. The first-order chi connectivity index (χ1) is 14.5. The summed E-state index contributed by atoms with van der Waals surface area (Å²) >= 11 is 0. The molecule has 1 aromatic rings. The molecule has 172 valence electrons. The number of nitro benzene ring substituents is 1. The summed E-state index contributed by atoms with van der Waals surface area (Å²) in [5, 5.41) is 11.2. The number of hydrogen-bond donors (Lipinski definition) is 0. The average molecular weight is 438 g/mol. The molecule has 0 aromatic heterocycles. The highest BCUT2D eigenvalue weighted by Gasteiger charge is 2.50. The maximum atomic E-state index is 14.7. The minimum Gasteiger partial charge on any atom is -0.490 e.